The lowest BCUT2D eigenvalue weighted by molar-refractivity contribution is -0.142. The van der Waals surface area contributed by atoms with Gasteiger partial charge in [-0.25, -0.2) is 0 Å². The van der Waals surface area contributed by atoms with E-state index in [0.717, 1.165) is 32.1 Å². The molecule has 0 aliphatic carbocycles. The van der Waals surface area contributed by atoms with Gasteiger partial charge in [-0.3, -0.25) is 4.79 Å². The van der Waals surface area contributed by atoms with Gasteiger partial charge in [0.25, 0.3) is 0 Å². The molecule has 2 nitrogen and oxygen atoms in total. The Kier molecular flexibility index (Phi) is 13.7. The van der Waals surface area contributed by atoms with Crippen molar-refractivity contribution in [1.29, 1.82) is 0 Å². The van der Waals surface area contributed by atoms with Crippen molar-refractivity contribution in [1.82, 2.24) is 0 Å². The molecule has 0 bridgehead atoms. The van der Waals surface area contributed by atoms with Crippen molar-refractivity contribution in [2.75, 3.05) is 6.61 Å². The summed E-state index contributed by atoms with van der Waals surface area (Å²) in [6.45, 7) is 10.4. The third-order valence-electron chi connectivity index (χ3n) is 3.56. The Hall–Kier alpha value is -1.31. The van der Waals surface area contributed by atoms with E-state index in [4.69, 9.17) is 4.74 Å². The molecule has 0 N–H and O–H groups in total. The summed E-state index contributed by atoms with van der Waals surface area (Å²) >= 11 is 0. The molecule has 0 saturated heterocycles. The predicted molar refractivity (Wildman–Crippen MR) is 95.9 cm³/mol. The minimum absolute atomic E-state index is 0.0700. The van der Waals surface area contributed by atoms with Gasteiger partial charge in [-0.2, -0.15) is 0 Å². The van der Waals surface area contributed by atoms with Crippen LogP contribution < -0.4 is 0 Å². The van der Waals surface area contributed by atoms with E-state index in [-0.39, 0.29) is 5.97 Å². The quantitative estimate of drug-likeness (QED) is 0.232. The number of esters is 1. The van der Waals surface area contributed by atoms with Gasteiger partial charge in [-0.15, -0.1) is 6.58 Å². The Morgan fingerprint density at radius 1 is 0.909 bits per heavy atom. The first-order chi connectivity index (χ1) is 10.6. The molecule has 0 heterocycles. The van der Waals surface area contributed by atoms with Crippen molar-refractivity contribution in [3.8, 4) is 0 Å². The summed E-state index contributed by atoms with van der Waals surface area (Å²) in [5.41, 5.74) is 2.64. The van der Waals surface area contributed by atoms with Crippen LogP contribution in [-0.4, -0.2) is 12.6 Å². The minimum Gasteiger partial charge on any atom is -0.461 e. The van der Waals surface area contributed by atoms with Gasteiger partial charge in [0.2, 0.25) is 0 Å². The zero-order valence-electron chi connectivity index (χ0n) is 14.8. The molecule has 126 valence electrons. The number of carbonyl (C=O) groups is 1. The maximum absolute atomic E-state index is 11.6. The normalized spacial score (nSPS) is 11.1. The molecule has 0 unspecified atom stereocenters. The monoisotopic (exact) mass is 306 g/mol. The summed E-state index contributed by atoms with van der Waals surface area (Å²) in [6, 6.07) is 0. The highest BCUT2D eigenvalue weighted by Crippen LogP contribution is 2.09. The van der Waals surface area contributed by atoms with Crippen LogP contribution in [0.2, 0.25) is 0 Å². The van der Waals surface area contributed by atoms with Crippen molar-refractivity contribution < 1.29 is 9.53 Å². The van der Waals surface area contributed by atoms with E-state index in [9.17, 15) is 4.79 Å². The Morgan fingerprint density at radius 3 is 2.27 bits per heavy atom. The molecule has 0 atom stereocenters. The van der Waals surface area contributed by atoms with Crippen molar-refractivity contribution in [3.05, 3.63) is 36.0 Å². The molecular formula is C20H34O2. The number of hydrogen-bond acceptors (Lipinski definition) is 2. The van der Waals surface area contributed by atoms with Crippen LogP contribution in [0.15, 0.2) is 36.0 Å². The van der Waals surface area contributed by atoms with Gasteiger partial charge in [-0.05, 0) is 59.0 Å². The number of carbonyl (C=O) groups excluding carboxylic acids is 1. The molecule has 0 amide bonds. The second-order valence-electron chi connectivity index (χ2n) is 6.15. The largest absolute Gasteiger partial charge is 0.461 e. The summed E-state index contributed by atoms with van der Waals surface area (Å²) in [5.74, 6) is -0.0700. The molecule has 2 heteroatoms. The highest BCUT2D eigenvalue weighted by molar-refractivity contribution is 5.69. The molecule has 0 saturated carbocycles. The molecular weight excluding hydrogens is 272 g/mol. The average Bonchev–Trinajstić information content (AvgIpc) is 2.46. The van der Waals surface area contributed by atoms with Gasteiger partial charge in [0.05, 0.1) is 0 Å². The van der Waals surface area contributed by atoms with Crippen molar-refractivity contribution in [3.63, 3.8) is 0 Å². The molecule has 22 heavy (non-hydrogen) atoms. The molecule has 0 fully saturated rings. The molecule has 0 rings (SSSR count). The second-order valence-corrected chi connectivity index (χ2v) is 6.15. The van der Waals surface area contributed by atoms with Crippen LogP contribution in [0.4, 0.5) is 0 Å². The lowest BCUT2D eigenvalue weighted by atomic mass is 10.1. The molecule has 0 radical (unpaired) electrons. The van der Waals surface area contributed by atoms with E-state index in [1.54, 1.807) is 0 Å². The van der Waals surface area contributed by atoms with Crippen LogP contribution >= 0.6 is 0 Å². The van der Waals surface area contributed by atoms with E-state index in [2.05, 4.69) is 33.4 Å². The molecule has 0 aromatic rings. The number of unbranched alkanes of at least 4 members (excludes halogenated alkanes) is 5. The number of ether oxygens (including phenoxy) is 1. The zero-order chi connectivity index (χ0) is 16.6. The third kappa shape index (κ3) is 15.1. The molecule has 0 aromatic carbocycles. The maximum Gasteiger partial charge on any atom is 0.306 e. The SMILES string of the molecule is C=CCCCCCCCC(=O)OC/C=C(\C)CCC=C(C)C. The topological polar surface area (TPSA) is 26.3 Å². The number of allylic oxidation sites excluding steroid dienone is 4. The highest BCUT2D eigenvalue weighted by atomic mass is 16.5. The van der Waals surface area contributed by atoms with E-state index in [1.807, 2.05) is 12.2 Å². The minimum atomic E-state index is -0.0700. The fourth-order valence-corrected chi connectivity index (χ4v) is 2.13. The van der Waals surface area contributed by atoms with E-state index in [1.165, 1.54) is 30.4 Å². The van der Waals surface area contributed by atoms with Gasteiger partial charge >= 0.3 is 5.97 Å². The first-order valence-corrected chi connectivity index (χ1v) is 8.61. The first kappa shape index (κ1) is 20.7. The summed E-state index contributed by atoms with van der Waals surface area (Å²) in [5, 5.41) is 0. The molecule has 0 aliphatic rings. The van der Waals surface area contributed by atoms with Crippen molar-refractivity contribution in [2.24, 2.45) is 0 Å². The summed E-state index contributed by atoms with van der Waals surface area (Å²) < 4.78 is 5.24. The Bertz CT molecular complexity index is 360. The Balaban J connectivity index is 3.55. The number of rotatable bonds is 13. The molecule has 0 aliphatic heterocycles. The highest BCUT2D eigenvalue weighted by Gasteiger charge is 2.01. The lowest BCUT2D eigenvalue weighted by Gasteiger charge is -2.04. The lowest BCUT2D eigenvalue weighted by Crippen LogP contribution is -2.04. The summed E-state index contributed by atoms with van der Waals surface area (Å²) in [6.07, 6.45) is 15.7. The molecule has 0 spiro atoms. The van der Waals surface area contributed by atoms with Crippen LogP contribution in [0, 0.1) is 0 Å². The zero-order valence-corrected chi connectivity index (χ0v) is 14.8. The van der Waals surface area contributed by atoms with Crippen molar-refractivity contribution in [2.45, 2.75) is 78.6 Å². The summed E-state index contributed by atoms with van der Waals surface area (Å²) in [4.78, 5) is 11.6. The third-order valence-corrected chi connectivity index (χ3v) is 3.56. The smallest absolute Gasteiger partial charge is 0.306 e. The van der Waals surface area contributed by atoms with Crippen LogP contribution in [0.3, 0.4) is 0 Å². The van der Waals surface area contributed by atoms with E-state index >= 15 is 0 Å². The van der Waals surface area contributed by atoms with Crippen LogP contribution in [-0.2, 0) is 9.53 Å². The van der Waals surface area contributed by atoms with Crippen LogP contribution in [0.1, 0.15) is 78.6 Å². The fraction of sp³-hybridized carbons (Fsp3) is 0.650. The summed E-state index contributed by atoms with van der Waals surface area (Å²) in [7, 11) is 0. The van der Waals surface area contributed by atoms with Crippen LogP contribution in [0.5, 0.6) is 0 Å². The van der Waals surface area contributed by atoms with Gasteiger partial charge < -0.3 is 4.74 Å². The van der Waals surface area contributed by atoms with Crippen molar-refractivity contribution >= 4 is 5.97 Å². The van der Waals surface area contributed by atoms with Gasteiger partial charge in [0, 0.05) is 6.42 Å². The van der Waals surface area contributed by atoms with Gasteiger partial charge in [-0.1, -0.05) is 42.6 Å². The van der Waals surface area contributed by atoms with E-state index < -0.39 is 0 Å². The van der Waals surface area contributed by atoms with Gasteiger partial charge in [0.15, 0.2) is 0 Å². The first-order valence-electron chi connectivity index (χ1n) is 8.61. The maximum atomic E-state index is 11.6. The Morgan fingerprint density at radius 2 is 1.59 bits per heavy atom. The predicted octanol–water partition coefficient (Wildman–Crippen LogP) is 6.14. The van der Waals surface area contributed by atoms with E-state index in [0.29, 0.717) is 13.0 Å². The second kappa shape index (κ2) is 14.6. The Labute approximate surface area is 137 Å². The standard InChI is InChI=1S/C20H34O2/c1-5-6-7-8-9-10-11-15-20(21)22-17-16-19(4)14-12-13-18(2)3/h5,13,16H,1,6-12,14-15,17H2,2-4H3/b19-16+. The average molecular weight is 306 g/mol. The fourth-order valence-electron chi connectivity index (χ4n) is 2.13. The number of hydrogen-bond donors (Lipinski definition) is 0. The van der Waals surface area contributed by atoms with Crippen LogP contribution in [0.25, 0.3) is 0 Å². The molecule has 0 aromatic heterocycles. The van der Waals surface area contributed by atoms with Gasteiger partial charge in [0.1, 0.15) is 6.61 Å².